The Hall–Kier alpha value is -2.24. The van der Waals surface area contributed by atoms with Crippen LogP contribution in [0.2, 0.25) is 0 Å². The lowest BCUT2D eigenvalue weighted by atomic mass is 10.1. The number of halogens is 1. The lowest BCUT2D eigenvalue weighted by molar-refractivity contribution is -0.130. The summed E-state index contributed by atoms with van der Waals surface area (Å²) in [6, 6.07) is 6.46. The molecule has 1 heterocycles. The van der Waals surface area contributed by atoms with Crippen LogP contribution in [-0.4, -0.2) is 36.1 Å². The summed E-state index contributed by atoms with van der Waals surface area (Å²) in [5.74, 6) is -0.685. The van der Waals surface area contributed by atoms with Gasteiger partial charge in [0.2, 0.25) is 5.91 Å². The molecular formula is C14H16FN3O2. The molecule has 1 aromatic carbocycles. The minimum atomic E-state index is -0.305. The van der Waals surface area contributed by atoms with Crippen molar-refractivity contribution in [2.45, 2.75) is 19.3 Å². The van der Waals surface area contributed by atoms with Gasteiger partial charge in [0.05, 0.1) is 0 Å². The Labute approximate surface area is 116 Å². The summed E-state index contributed by atoms with van der Waals surface area (Å²) in [7, 11) is 1.52. The number of carbonyl (C=O) groups excluding carboxylic acids is 2. The van der Waals surface area contributed by atoms with Gasteiger partial charge in [0.1, 0.15) is 11.5 Å². The molecule has 0 aromatic heterocycles. The number of hydrogen-bond acceptors (Lipinski definition) is 3. The Balaban J connectivity index is 1.86. The summed E-state index contributed by atoms with van der Waals surface area (Å²) >= 11 is 0. The first-order chi connectivity index (χ1) is 9.58. The molecule has 1 aromatic rings. The van der Waals surface area contributed by atoms with Crippen LogP contribution in [0, 0.1) is 5.82 Å². The maximum absolute atomic E-state index is 13.4. The average molecular weight is 277 g/mol. The van der Waals surface area contributed by atoms with E-state index < -0.39 is 0 Å². The van der Waals surface area contributed by atoms with Gasteiger partial charge in [-0.1, -0.05) is 18.2 Å². The maximum atomic E-state index is 13.4. The van der Waals surface area contributed by atoms with Crippen molar-refractivity contribution in [3.63, 3.8) is 0 Å². The second-order valence-electron chi connectivity index (χ2n) is 4.56. The summed E-state index contributed by atoms with van der Waals surface area (Å²) in [4.78, 5) is 23.1. The van der Waals surface area contributed by atoms with E-state index >= 15 is 0 Å². The largest absolute Gasteiger partial charge is 0.351 e. The first kappa shape index (κ1) is 14.2. The fourth-order valence-corrected chi connectivity index (χ4v) is 1.95. The molecule has 1 aliphatic rings. The summed E-state index contributed by atoms with van der Waals surface area (Å²) in [6.07, 6.45) is 1.05. The number of benzene rings is 1. The molecule has 0 atom stereocenters. The van der Waals surface area contributed by atoms with E-state index in [2.05, 4.69) is 10.4 Å². The van der Waals surface area contributed by atoms with Gasteiger partial charge in [-0.05, 0) is 18.1 Å². The molecule has 106 valence electrons. The maximum Gasteiger partial charge on any atom is 0.267 e. The highest BCUT2D eigenvalue weighted by Gasteiger charge is 2.21. The van der Waals surface area contributed by atoms with Gasteiger partial charge in [-0.15, -0.1) is 0 Å². The Morgan fingerprint density at radius 3 is 2.85 bits per heavy atom. The average Bonchev–Trinajstić information content (AvgIpc) is 2.44. The normalized spacial score (nSPS) is 15.0. The molecule has 0 spiro atoms. The van der Waals surface area contributed by atoms with E-state index in [1.807, 2.05) is 0 Å². The monoisotopic (exact) mass is 277 g/mol. The van der Waals surface area contributed by atoms with E-state index in [0.717, 1.165) is 0 Å². The molecule has 20 heavy (non-hydrogen) atoms. The van der Waals surface area contributed by atoms with E-state index in [-0.39, 0.29) is 24.1 Å². The van der Waals surface area contributed by atoms with Gasteiger partial charge in [0.25, 0.3) is 5.91 Å². The quantitative estimate of drug-likeness (QED) is 0.895. The molecule has 0 bridgehead atoms. The first-order valence-corrected chi connectivity index (χ1v) is 6.43. The zero-order valence-electron chi connectivity index (χ0n) is 11.2. The molecule has 0 radical (unpaired) electrons. The molecular weight excluding hydrogens is 261 g/mol. The van der Waals surface area contributed by atoms with Gasteiger partial charge in [-0.3, -0.25) is 9.59 Å². The van der Waals surface area contributed by atoms with E-state index in [9.17, 15) is 14.0 Å². The Kier molecular flexibility index (Phi) is 4.45. The van der Waals surface area contributed by atoms with Crippen LogP contribution in [0.5, 0.6) is 0 Å². The number of amides is 2. The van der Waals surface area contributed by atoms with Gasteiger partial charge in [-0.2, -0.15) is 5.10 Å². The summed E-state index contributed by atoms with van der Waals surface area (Å²) in [6.45, 7) is 0.330. The van der Waals surface area contributed by atoms with E-state index in [1.54, 1.807) is 18.2 Å². The smallest absolute Gasteiger partial charge is 0.267 e. The van der Waals surface area contributed by atoms with Crippen molar-refractivity contribution in [2.75, 3.05) is 13.6 Å². The van der Waals surface area contributed by atoms with Gasteiger partial charge in [0, 0.05) is 26.4 Å². The van der Waals surface area contributed by atoms with Crippen LogP contribution in [0.15, 0.2) is 29.4 Å². The van der Waals surface area contributed by atoms with Gasteiger partial charge < -0.3 is 5.32 Å². The fraction of sp³-hybridized carbons (Fsp3) is 0.357. The number of rotatable bonds is 4. The van der Waals surface area contributed by atoms with Gasteiger partial charge in [-0.25, -0.2) is 9.40 Å². The van der Waals surface area contributed by atoms with Crippen molar-refractivity contribution in [2.24, 2.45) is 5.10 Å². The predicted octanol–water partition coefficient (Wildman–Crippen LogP) is 1.09. The van der Waals surface area contributed by atoms with E-state index in [4.69, 9.17) is 0 Å². The molecule has 0 saturated heterocycles. The van der Waals surface area contributed by atoms with Crippen LogP contribution in [0.4, 0.5) is 4.39 Å². The van der Waals surface area contributed by atoms with Crippen molar-refractivity contribution in [3.8, 4) is 0 Å². The lowest BCUT2D eigenvalue weighted by Gasteiger charge is -2.18. The van der Waals surface area contributed by atoms with Crippen molar-refractivity contribution in [3.05, 3.63) is 35.6 Å². The second-order valence-corrected chi connectivity index (χ2v) is 4.56. The summed E-state index contributed by atoms with van der Waals surface area (Å²) in [5, 5.41) is 7.79. The lowest BCUT2D eigenvalue weighted by Crippen LogP contribution is -2.38. The molecule has 1 N–H and O–H groups in total. The molecule has 0 saturated carbocycles. The number of carbonyl (C=O) groups is 2. The second kappa shape index (κ2) is 6.27. The zero-order chi connectivity index (χ0) is 14.5. The number of nitrogens with zero attached hydrogens (tertiary/aromatic N) is 2. The molecule has 1 aliphatic heterocycles. The van der Waals surface area contributed by atoms with E-state index in [1.165, 1.54) is 18.1 Å². The molecule has 0 unspecified atom stereocenters. The highest BCUT2D eigenvalue weighted by molar-refractivity contribution is 6.39. The van der Waals surface area contributed by atoms with Crippen molar-refractivity contribution in [1.82, 2.24) is 10.3 Å². The fourth-order valence-electron chi connectivity index (χ4n) is 1.95. The topological polar surface area (TPSA) is 61.8 Å². The molecule has 0 fully saturated rings. The molecule has 2 amide bonds. The van der Waals surface area contributed by atoms with Crippen molar-refractivity contribution >= 4 is 17.5 Å². The molecule has 0 aliphatic carbocycles. The van der Waals surface area contributed by atoms with Crippen molar-refractivity contribution in [1.29, 1.82) is 0 Å². The van der Waals surface area contributed by atoms with Crippen LogP contribution < -0.4 is 5.32 Å². The van der Waals surface area contributed by atoms with Crippen LogP contribution in [-0.2, 0) is 16.0 Å². The summed E-state index contributed by atoms with van der Waals surface area (Å²) in [5.41, 5.74) is 0.895. The standard InChI is InChI=1S/C14H16FN3O2/c1-18-13(19)7-6-12(17-18)14(20)16-9-8-10-4-2-3-5-11(10)15/h2-5H,6-9H2,1H3,(H,16,20). The Bertz CT molecular complexity index is 557. The van der Waals surface area contributed by atoms with Crippen LogP contribution >= 0.6 is 0 Å². The third-order valence-corrected chi connectivity index (χ3v) is 3.11. The minimum absolute atomic E-state index is 0.104. The van der Waals surface area contributed by atoms with Crippen LogP contribution in [0.25, 0.3) is 0 Å². The first-order valence-electron chi connectivity index (χ1n) is 6.43. The van der Waals surface area contributed by atoms with Crippen molar-refractivity contribution < 1.29 is 14.0 Å². The minimum Gasteiger partial charge on any atom is -0.351 e. The third kappa shape index (κ3) is 3.40. The highest BCUT2D eigenvalue weighted by Crippen LogP contribution is 2.08. The molecule has 5 nitrogen and oxygen atoms in total. The van der Waals surface area contributed by atoms with Crippen LogP contribution in [0.1, 0.15) is 18.4 Å². The Morgan fingerprint density at radius 1 is 1.40 bits per heavy atom. The number of hydrazone groups is 1. The number of nitrogens with one attached hydrogen (secondary N) is 1. The van der Waals surface area contributed by atoms with E-state index in [0.29, 0.717) is 30.7 Å². The predicted molar refractivity (Wildman–Crippen MR) is 72.6 cm³/mol. The Morgan fingerprint density at radius 2 is 2.15 bits per heavy atom. The summed E-state index contributed by atoms with van der Waals surface area (Å²) < 4.78 is 13.4. The molecule has 2 rings (SSSR count). The van der Waals surface area contributed by atoms with Gasteiger partial charge in [0.15, 0.2) is 0 Å². The number of hydrogen-bond donors (Lipinski definition) is 1. The zero-order valence-corrected chi connectivity index (χ0v) is 11.2. The highest BCUT2D eigenvalue weighted by atomic mass is 19.1. The SMILES string of the molecule is CN1N=C(C(=O)NCCc2ccccc2F)CCC1=O. The third-order valence-electron chi connectivity index (χ3n) is 3.11. The molecule has 6 heteroatoms. The van der Waals surface area contributed by atoms with Gasteiger partial charge >= 0.3 is 0 Å². The van der Waals surface area contributed by atoms with Crippen LogP contribution in [0.3, 0.4) is 0 Å².